The number of hydrogen-bond acceptors (Lipinski definition) is 2. The van der Waals surface area contributed by atoms with E-state index in [0.717, 1.165) is 36.5 Å². The number of rotatable bonds is 4. The van der Waals surface area contributed by atoms with Crippen LogP contribution in [0.3, 0.4) is 0 Å². The Morgan fingerprint density at radius 1 is 1.46 bits per heavy atom. The Morgan fingerprint density at radius 2 is 2.21 bits per heavy atom. The lowest BCUT2D eigenvalue weighted by atomic mass is 10.1. The van der Waals surface area contributed by atoms with Gasteiger partial charge in [0.1, 0.15) is 0 Å². The molecule has 0 aliphatic carbocycles. The Bertz CT molecular complexity index is 594. The van der Waals surface area contributed by atoms with Crippen LogP contribution in [0.25, 0.3) is 0 Å². The third-order valence-corrected chi connectivity index (χ3v) is 4.65. The molecular formula is C17H26BrIN4O. The van der Waals surface area contributed by atoms with Gasteiger partial charge < -0.3 is 15.5 Å². The first-order chi connectivity index (χ1) is 11.0. The summed E-state index contributed by atoms with van der Waals surface area (Å²) in [7, 11) is 1.77. The van der Waals surface area contributed by atoms with Gasteiger partial charge in [-0.3, -0.25) is 9.79 Å². The van der Waals surface area contributed by atoms with Crippen molar-refractivity contribution in [2.24, 2.45) is 4.99 Å². The highest BCUT2D eigenvalue weighted by atomic mass is 127. The number of amides is 1. The van der Waals surface area contributed by atoms with Gasteiger partial charge in [0.05, 0.1) is 0 Å². The highest BCUT2D eigenvalue weighted by Gasteiger charge is 2.25. The van der Waals surface area contributed by atoms with E-state index in [9.17, 15) is 4.79 Å². The summed E-state index contributed by atoms with van der Waals surface area (Å²) < 4.78 is 1.09. The van der Waals surface area contributed by atoms with Crippen LogP contribution in [0.4, 0.5) is 0 Å². The number of hydrogen-bond donors (Lipinski definition) is 2. The summed E-state index contributed by atoms with van der Waals surface area (Å²) >= 11 is 3.48. The molecule has 7 heteroatoms. The van der Waals surface area contributed by atoms with E-state index in [4.69, 9.17) is 0 Å². The number of halogens is 2. The molecule has 1 atom stereocenters. The normalized spacial score (nSPS) is 17.4. The molecule has 1 aliphatic heterocycles. The van der Waals surface area contributed by atoms with E-state index >= 15 is 0 Å². The van der Waals surface area contributed by atoms with Gasteiger partial charge in [-0.15, -0.1) is 24.0 Å². The molecule has 0 spiro atoms. The number of benzene rings is 1. The minimum atomic E-state index is 0. The second kappa shape index (κ2) is 10.2. The second-order valence-electron chi connectivity index (χ2n) is 5.82. The molecule has 24 heavy (non-hydrogen) atoms. The van der Waals surface area contributed by atoms with Crippen LogP contribution in [-0.2, 0) is 11.3 Å². The SMILES string of the molecule is CCC(=O)N1CCC(NC(=NC)NCc2ccc(Br)cc2C)C1.I. The summed E-state index contributed by atoms with van der Waals surface area (Å²) in [5.41, 5.74) is 2.48. The average Bonchev–Trinajstić information content (AvgIpc) is 3.00. The topological polar surface area (TPSA) is 56.7 Å². The lowest BCUT2D eigenvalue weighted by molar-refractivity contribution is -0.129. The van der Waals surface area contributed by atoms with E-state index in [1.54, 1.807) is 7.05 Å². The van der Waals surface area contributed by atoms with E-state index in [1.165, 1.54) is 11.1 Å². The van der Waals surface area contributed by atoms with Gasteiger partial charge in [-0.1, -0.05) is 28.9 Å². The Hall–Kier alpha value is -0.830. The van der Waals surface area contributed by atoms with Crippen molar-refractivity contribution in [3.63, 3.8) is 0 Å². The first kappa shape index (κ1) is 21.2. The van der Waals surface area contributed by atoms with Crippen LogP contribution >= 0.6 is 39.9 Å². The zero-order chi connectivity index (χ0) is 16.8. The Morgan fingerprint density at radius 3 is 2.83 bits per heavy atom. The number of carbonyl (C=O) groups excluding carboxylic acids is 1. The second-order valence-corrected chi connectivity index (χ2v) is 6.74. The predicted octanol–water partition coefficient (Wildman–Crippen LogP) is 3.05. The summed E-state index contributed by atoms with van der Waals surface area (Å²) in [5.74, 6) is 1.01. The van der Waals surface area contributed by atoms with Gasteiger partial charge in [-0.2, -0.15) is 0 Å². The molecule has 0 bridgehead atoms. The van der Waals surface area contributed by atoms with Crippen molar-refractivity contribution in [2.75, 3.05) is 20.1 Å². The van der Waals surface area contributed by atoms with Gasteiger partial charge in [0, 0.05) is 43.6 Å². The average molecular weight is 509 g/mol. The zero-order valence-corrected chi connectivity index (χ0v) is 18.4. The van der Waals surface area contributed by atoms with E-state index in [0.29, 0.717) is 6.42 Å². The number of likely N-dealkylation sites (tertiary alicyclic amines) is 1. The highest BCUT2D eigenvalue weighted by Crippen LogP contribution is 2.15. The van der Waals surface area contributed by atoms with Crippen LogP contribution in [0.2, 0.25) is 0 Å². The summed E-state index contributed by atoms with van der Waals surface area (Å²) in [6.45, 7) is 6.31. The van der Waals surface area contributed by atoms with Crippen LogP contribution < -0.4 is 10.6 Å². The van der Waals surface area contributed by atoms with Gasteiger partial charge in [-0.05, 0) is 36.6 Å². The molecule has 0 aromatic heterocycles. The van der Waals surface area contributed by atoms with Gasteiger partial charge in [0.25, 0.3) is 0 Å². The molecule has 1 unspecified atom stereocenters. The van der Waals surface area contributed by atoms with Crippen molar-refractivity contribution in [1.82, 2.24) is 15.5 Å². The number of carbonyl (C=O) groups is 1. The zero-order valence-electron chi connectivity index (χ0n) is 14.4. The molecule has 1 aromatic carbocycles. The van der Waals surface area contributed by atoms with Crippen LogP contribution in [0.15, 0.2) is 27.7 Å². The molecule has 1 aromatic rings. The van der Waals surface area contributed by atoms with E-state index < -0.39 is 0 Å². The Labute approximate surface area is 169 Å². The molecule has 5 nitrogen and oxygen atoms in total. The maximum atomic E-state index is 11.7. The van der Waals surface area contributed by atoms with Crippen LogP contribution in [0.1, 0.15) is 30.9 Å². The fraction of sp³-hybridized carbons (Fsp3) is 0.529. The van der Waals surface area contributed by atoms with Crippen molar-refractivity contribution in [3.8, 4) is 0 Å². The maximum Gasteiger partial charge on any atom is 0.222 e. The van der Waals surface area contributed by atoms with Crippen LogP contribution in [-0.4, -0.2) is 42.9 Å². The number of nitrogens with zero attached hydrogens (tertiary/aromatic N) is 2. The molecule has 0 radical (unpaired) electrons. The minimum absolute atomic E-state index is 0. The van der Waals surface area contributed by atoms with Crippen LogP contribution in [0.5, 0.6) is 0 Å². The predicted molar refractivity (Wildman–Crippen MR) is 113 cm³/mol. The van der Waals surface area contributed by atoms with E-state index in [2.05, 4.69) is 50.6 Å². The Kier molecular flexibility index (Phi) is 9.04. The number of nitrogens with one attached hydrogen (secondary N) is 2. The smallest absolute Gasteiger partial charge is 0.222 e. The van der Waals surface area contributed by atoms with Crippen molar-refractivity contribution in [3.05, 3.63) is 33.8 Å². The Balaban J connectivity index is 0.00000288. The number of aryl methyl sites for hydroxylation is 1. The number of guanidine groups is 1. The van der Waals surface area contributed by atoms with Crippen LogP contribution in [0, 0.1) is 6.92 Å². The lowest BCUT2D eigenvalue weighted by Crippen LogP contribution is -2.44. The van der Waals surface area contributed by atoms with Gasteiger partial charge >= 0.3 is 0 Å². The standard InChI is InChI=1S/C17H25BrN4O.HI/c1-4-16(23)22-8-7-15(11-22)21-17(19-3)20-10-13-5-6-14(18)9-12(13)2;/h5-6,9,15H,4,7-8,10-11H2,1-3H3,(H2,19,20,21);1H. The lowest BCUT2D eigenvalue weighted by Gasteiger charge is -2.19. The van der Waals surface area contributed by atoms with E-state index in [1.807, 2.05) is 17.9 Å². The summed E-state index contributed by atoms with van der Waals surface area (Å²) in [6.07, 6.45) is 1.53. The third-order valence-electron chi connectivity index (χ3n) is 4.16. The van der Waals surface area contributed by atoms with Gasteiger partial charge in [0.2, 0.25) is 5.91 Å². The molecule has 2 rings (SSSR count). The monoisotopic (exact) mass is 508 g/mol. The molecule has 1 aliphatic rings. The number of aliphatic imine (C=N–C) groups is 1. The fourth-order valence-corrected chi connectivity index (χ4v) is 3.23. The first-order valence-corrected chi connectivity index (χ1v) is 8.82. The van der Waals surface area contributed by atoms with Crippen molar-refractivity contribution in [1.29, 1.82) is 0 Å². The van der Waals surface area contributed by atoms with Crippen molar-refractivity contribution >= 4 is 51.8 Å². The first-order valence-electron chi connectivity index (χ1n) is 8.03. The maximum absolute atomic E-state index is 11.7. The molecule has 1 heterocycles. The van der Waals surface area contributed by atoms with Gasteiger partial charge in [0.15, 0.2) is 5.96 Å². The van der Waals surface area contributed by atoms with Crippen molar-refractivity contribution in [2.45, 2.75) is 39.3 Å². The van der Waals surface area contributed by atoms with Gasteiger partial charge in [-0.25, -0.2) is 0 Å². The highest BCUT2D eigenvalue weighted by molar-refractivity contribution is 14.0. The summed E-state index contributed by atoms with van der Waals surface area (Å²) in [5, 5.41) is 6.76. The van der Waals surface area contributed by atoms with E-state index in [-0.39, 0.29) is 35.9 Å². The molecule has 1 fully saturated rings. The minimum Gasteiger partial charge on any atom is -0.352 e. The summed E-state index contributed by atoms with van der Waals surface area (Å²) in [4.78, 5) is 17.9. The molecule has 0 saturated carbocycles. The quantitative estimate of drug-likeness (QED) is 0.373. The summed E-state index contributed by atoms with van der Waals surface area (Å²) in [6, 6.07) is 6.53. The fourth-order valence-electron chi connectivity index (χ4n) is 2.75. The largest absolute Gasteiger partial charge is 0.352 e. The molecule has 134 valence electrons. The third kappa shape index (κ3) is 5.91. The molecule has 1 amide bonds. The molecular weight excluding hydrogens is 483 g/mol. The van der Waals surface area contributed by atoms with Crippen molar-refractivity contribution < 1.29 is 4.79 Å². The molecule has 2 N–H and O–H groups in total. The molecule has 1 saturated heterocycles.